The van der Waals surface area contributed by atoms with Gasteiger partial charge in [-0.15, -0.1) is 0 Å². The number of aromatic amines is 1. The Morgan fingerprint density at radius 1 is 1.37 bits per heavy atom. The van der Waals surface area contributed by atoms with Crippen molar-refractivity contribution in [3.05, 3.63) is 46.2 Å². The molecule has 1 N–H and O–H groups in total. The fourth-order valence-electron chi connectivity index (χ4n) is 1.71. The zero-order valence-corrected chi connectivity index (χ0v) is 11.3. The van der Waals surface area contributed by atoms with E-state index in [2.05, 4.69) is 16.8 Å². The van der Waals surface area contributed by atoms with Crippen LogP contribution in [0, 0.1) is 11.8 Å². The SMILES string of the molecule is CC(=O)SCCC#Cc1cccc2c(=O)cc[nH]c12. The molecule has 0 radical (unpaired) electrons. The van der Waals surface area contributed by atoms with Crippen LogP contribution in [0.3, 0.4) is 0 Å². The smallest absolute Gasteiger partial charge is 0.189 e. The highest BCUT2D eigenvalue weighted by atomic mass is 32.2. The number of hydrogen-bond donors (Lipinski definition) is 1. The van der Waals surface area contributed by atoms with Crippen LogP contribution in [0.4, 0.5) is 0 Å². The van der Waals surface area contributed by atoms with Gasteiger partial charge >= 0.3 is 0 Å². The van der Waals surface area contributed by atoms with E-state index < -0.39 is 0 Å². The van der Waals surface area contributed by atoms with Gasteiger partial charge in [-0.25, -0.2) is 0 Å². The minimum Gasteiger partial charge on any atom is -0.360 e. The Balaban J connectivity index is 2.22. The summed E-state index contributed by atoms with van der Waals surface area (Å²) in [7, 11) is 0. The Kier molecular flexibility index (Phi) is 4.43. The minimum atomic E-state index is -0.00969. The molecule has 0 unspecified atom stereocenters. The number of carbonyl (C=O) groups excluding carboxylic acids is 1. The highest BCUT2D eigenvalue weighted by Gasteiger charge is 2.00. The second-order valence-corrected chi connectivity index (χ2v) is 5.23. The average molecular weight is 271 g/mol. The maximum atomic E-state index is 11.7. The zero-order chi connectivity index (χ0) is 13.7. The average Bonchev–Trinajstić information content (AvgIpc) is 2.39. The number of nitrogens with one attached hydrogen (secondary N) is 1. The molecule has 3 nitrogen and oxygen atoms in total. The first kappa shape index (κ1) is 13.4. The summed E-state index contributed by atoms with van der Waals surface area (Å²) in [4.78, 5) is 25.5. The van der Waals surface area contributed by atoms with E-state index >= 15 is 0 Å². The molecule has 0 bridgehead atoms. The van der Waals surface area contributed by atoms with Crippen LogP contribution in [0.15, 0.2) is 35.3 Å². The molecule has 0 atom stereocenters. The lowest BCUT2D eigenvalue weighted by atomic mass is 10.1. The van der Waals surface area contributed by atoms with Gasteiger partial charge in [0.1, 0.15) is 0 Å². The number of benzene rings is 1. The first-order chi connectivity index (χ1) is 9.18. The van der Waals surface area contributed by atoms with Crippen LogP contribution in [-0.4, -0.2) is 15.9 Å². The molecule has 0 fully saturated rings. The van der Waals surface area contributed by atoms with Gasteiger partial charge in [-0.1, -0.05) is 29.7 Å². The Labute approximate surface area is 115 Å². The van der Waals surface area contributed by atoms with Crippen molar-refractivity contribution < 1.29 is 4.79 Å². The van der Waals surface area contributed by atoms with Gasteiger partial charge in [0.2, 0.25) is 0 Å². The third kappa shape index (κ3) is 3.49. The van der Waals surface area contributed by atoms with E-state index in [1.54, 1.807) is 19.2 Å². The summed E-state index contributed by atoms with van der Waals surface area (Å²) < 4.78 is 0. The molecule has 2 rings (SSSR count). The number of hydrogen-bond acceptors (Lipinski definition) is 3. The fraction of sp³-hybridized carbons (Fsp3) is 0.200. The first-order valence-corrected chi connectivity index (χ1v) is 6.89. The molecule has 0 saturated carbocycles. The summed E-state index contributed by atoms with van der Waals surface area (Å²) in [5.74, 6) is 6.77. The first-order valence-electron chi connectivity index (χ1n) is 5.91. The summed E-state index contributed by atoms with van der Waals surface area (Å²) in [5, 5.41) is 0.753. The lowest BCUT2D eigenvalue weighted by molar-refractivity contribution is -0.109. The molecule has 1 aromatic carbocycles. The Bertz CT molecular complexity index is 722. The number of aromatic nitrogens is 1. The number of carbonyl (C=O) groups is 1. The van der Waals surface area contributed by atoms with Crippen LogP contribution < -0.4 is 5.43 Å². The van der Waals surface area contributed by atoms with E-state index in [9.17, 15) is 9.59 Å². The van der Waals surface area contributed by atoms with E-state index in [1.807, 2.05) is 12.1 Å². The van der Waals surface area contributed by atoms with Gasteiger partial charge in [0.25, 0.3) is 0 Å². The lowest BCUT2D eigenvalue weighted by Gasteiger charge is -1.99. The predicted octanol–water partition coefficient (Wildman–Crippen LogP) is 2.55. The molecular weight excluding hydrogens is 258 g/mol. The number of thioether (sulfide) groups is 1. The highest BCUT2D eigenvalue weighted by molar-refractivity contribution is 8.13. The van der Waals surface area contributed by atoms with Crippen LogP contribution in [-0.2, 0) is 4.79 Å². The van der Waals surface area contributed by atoms with Gasteiger partial charge < -0.3 is 4.98 Å². The van der Waals surface area contributed by atoms with Gasteiger partial charge in [0.05, 0.1) is 5.52 Å². The van der Waals surface area contributed by atoms with Crippen molar-refractivity contribution >= 4 is 27.8 Å². The monoisotopic (exact) mass is 271 g/mol. The molecule has 96 valence electrons. The summed E-state index contributed by atoms with van der Waals surface area (Å²) in [5.41, 5.74) is 1.56. The molecule has 0 aliphatic carbocycles. The number of fused-ring (bicyclic) bond motifs is 1. The molecule has 19 heavy (non-hydrogen) atoms. The molecule has 0 spiro atoms. The van der Waals surface area contributed by atoms with Gasteiger partial charge in [-0.2, -0.15) is 0 Å². The van der Waals surface area contributed by atoms with Crippen molar-refractivity contribution in [3.8, 4) is 11.8 Å². The second-order valence-electron chi connectivity index (χ2n) is 3.96. The molecule has 1 aromatic heterocycles. The van der Waals surface area contributed by atoms with Gasteiger partial charge in [0.15, 0.2) is 10.5 Å². The van der Waals surface area contributed by atoms with E-state index in [0.29, 0.717) is 17.6 Å². The van der Waals surface area contributed by atoms with Gasteiger partial charge in [-0.05, 0) is 12.1 Å². The summed E-state index contributed by atoms with van der Waals surface area (Å²) in [6.07, 6.45) is 2.28. The van der Waals surface area contributed by atoms with Crippen molar-refractivity contribution in [2.75, 3.05) is 5.75 Å². The van der Waals surface area contributed by atoms with Gasteiger partial charge in [-0.3, -0.25) is 9.59 Å². The maximum absolute atomic E-state index is 11.7. The molecule has 2 aromatic rings. The largest absolute Gasteiger partial charge is 0.360 e. The predicted molar refractivity (Wildman–Crippen MR) is 79.2 cm³/mol. The molecule has 0 amide bonds. The minimum absolute atomic E-state index is 0.00969. The third-order valence-corrected chi connectivity index (χ3v) is 3.36. The number of rotatable bonds is 2. The maximum Gasteiger partial charge on any atom is 0.189 e. The molecule has 0 aliphatic heterocycles. The van der Waals surface area contributed by atoms with Crippen LogP contribution in [0.25, 0.3) is 10.9 Å². The number of H-pyrrole nitrogens is 1. The van der Waals surface area contributed by atoms with Crippen molar-refractivity contribution in [1.29, 1.82) is 0 Å². The molecule has 1 heterocycles. The molecule has 4 heteroatoms. The van der Waals surface area contributed by atoms with E-state index in [1.165, 1.54) is 17.8 Å². The van der Waals surface area contributed by atoms with E-state index in [-0.39, 0.29) is 10.5 Å². The molecule has 0 saturated heterocycles. The van der Waals surface area contributed by atoms with Crippen molar-refractivity contribution in [2.24, 2.45) is 0 Å². The number of pyridine rings is 1. The summed E-state index contributed by atoms with van der Waals surface area (Å²) in [6.45, 7) is 1.55. The standard InChI is InChI=1S/C15H13NO2S/c1-11(17)19-10-3-2-5-12-6-4-7-13-14(18)8-9-16-15(12)13/h4,6-9H,3,10H2,1H3,(H,16,18). The van der Waals surface area contributed by atoms with Crippen LogP contribution in [0.2, 0.25) is 0 Å². The Morgan fingerprint density at radius 3 is 3.00 bits per heavy atom. The second kappa shape index (κ2) is 6.26. The fourth-order valence-corrected chi connectivity index (χ4v) is 2.20. The quantitative estimate of drug-likeness (QED) is 0.674. The van der Waals surface area contributed by atoms with Crippen molar-refractivity contribution in [1.82, 2.24) is 4.98 Å². The Hall–Kier alpha value is -1.99. The van der Waals surface area contributed by atoms with Crippen molar-refractivity contribution in [3.63, 3.8) is 0 Å². The molecule has 0 aliphatic rings. The normalized spacial score (nSPS) is 9.95. The van der Waals surface area contributed by atoms with Crippen LogP contribution in [0.1, 0.15) is 18.9 Å². The van der Waals surface area contributed by atoms with Crippen molar-refractivity contribution in [2.45, 2.75) is 13.3 Å². The molecular formula is C15H13NO2S. The summed E-state index contributed by atoms with van der Waals surface area (Å²) >= 11 is 1.27. The zero-order valence-electron chi connectivity index (χ0n) is 10.5. The lowest BCUT2D eigenvalue weighted by Crippen LogP contribution is -2.00. The van der Waals surface area contributed by atoms with Crippen LogP contribution >= 0.6 is 11.8 Å². The van der Waals surface area contributed by atoms with E-state index in [4.69, 9.17) is 0 Å². The van der Waals surface area contributed by atoms with E-state index in [0.717, 1.165) is 11.1 Å². The Morgan fingerprint density at radius 2 is 2.21 bits per heavy atom. The third-order valence-electron chi connectivity index (χ3n) is 2.55. The number of para-hydroxylation sites is 1. The summed E-state index contributed by atoms with van der Waals surface area (Å²) in [6, 6.07) is 6.99. The van der Waals surface area contributed by atoms with Gasteiger partial charge in [0, 0.05) is 42.3 Å². The van der Waals surface area contributed by atoms with Crippen LogP contribution in [0.5, 0.6) is 0 Å². The highest BCUT2D eigenvalue weighted by Crippen LogP contribution is 2.11. The topological polar surface area (TPSA) is 49.9 Å².